The summed E-state index contributed by atoms with van der Waals surface area (Å²) >= 11 is 0. The molecular weight excluding hydrogens is 528 g/mol. The molecule has 0 saturated heterocycles. The monoisotopic (exact) mass is 562 g/mol. The first kappa shape index (κ1) is 29.4. The van der Waals surface area contributed by atoms with Crippen molar-refractivity contribution in [1.82, 2.24) is 29.2 Å². The number of carbonyl (C=O) groups is 1. The number of hydrogen-bond donors (Lipinski definition) is 3. The quantitative estimate of drug-likeness (QED) is 0.157. The molecule has 5 aromatic rings. The summed E-state index contributed by atoms with van der Waals surface area (Å²) in [4.78, 5) is 28.8. The van der Waals surface area contributed by atoms with E-state index in [1.54, 1.807) is 27.8 Å². The van der Waals surface area contributed by atoms with E-state index in [4.69, 9.17) is 5.73 Å². The van der Waals surface area contributed by atoms with Crippen molar-refractivity contribution in [1.29, 1.82) is 0 Å². The van der Waals surface area contributed by atoms with Crippen LogP contribution < -0.4 is 21.9 Å². The van der Waals surface area contributed by atoms with Gasteiger partial charge in [-0.25, -0.2) is 4.98 Å². The summed E-state index contributed by atoms with van der Waals surface area (Å²) in [7, 11) is 3.73. The second kappa shape index (κ2) is 13.2. The van der Waals surface area contributed by atoms with Gasteiger partial charge in [0.1, 0.15) is 11.5 Å². The molecule has 0 saturated carbocycles. The van der Waals surface area contributed by atoms with Crippen LogP contribution in [0.25, 0.3) is 16.5 Å². The average molecular weight is 563 g/mol. The highest BCUT2D eigenvalue weighted by molar-refractivity contribution is 5.88. The van der Waals surface area contributed by atoms with Crippen molar-refractivity contribution in [2.75, 3.05) is 17.6 Å². The van der Waals surface area contributed by atoms with Crippen molar-refractivity contribution in [3.63, 3.8) is 0 Å². The Balaban J connectivity index is 0.000000283. The fraction of sp³-hybridized carbons (Fsp3) is 0.188. The topological polar surface area (TPSA) is 125 Å². The molecule has 0 aliphatic carbocycles. The third kappa shape index (κ3) is 6.26. The van der Waals surface area contributed by atoms with Gasteiger partial charge in [-0.3, -0.25) is 18.8 Å². The van der Waals surface area contributed by atoms with Crippen LogP contribution in [0.1, 0.15) is 35.5 Å². The third-order valence-corrected chi connectivity index (χ3v) is 6.73. The number of aromatic nitrogens is 5. The lowest BCUT2D eigenvalue weighted by Gasteiger charge is -2.19. The summed E-state index contributed by atoms with van der Waals surface area (Å²) in [6, 6.07) is 16.6. The van der Waals surface area contributed by atoms with Crippen LogP contribution in [-0.2, 0) is 18.9 Å². The Morgan fingerprint density at radius 1 is 1.12 bits per heavy atom. The molecule has 42 heavy (non-hydrogen) atoms. The summed E-state index contributed by atoms with van der Waals surface area (Å²) in [5, 5.41) is 11.3. The van der Waals surface area contributed by atoms with Crippen molar-refractivity contribution < 1.29 is 4.79 Å². The van der Waals surface area contributed by atoms with Crippen molar-refractivity contribution in [2.45, 2.75) is 19.9 Å². The zero-order chi connectivity index (χ0) is 30.2. The molecule has 3 heterocycles. The van der Waals surface area contributed by atoms with Gasteiger partial charge in [-0.15, -0.1) is 6.58 Å². The maximum atomic E-state index is 13.7. The van der Waals surface area contributed by atoms with Crippen molar-refractivity contribution in [3.8, 4) is 17.5 Å². The molecule has 10 heteroatoms. The number of carbonyl (C=O) groups excluding carboxylic acids is 1. The second-order valence-electron chi connectivity index (χ2n) is 9.61. The number of rotatable bonds is 7. The van der Waals surface area contributed by atoms with Gasteiger partial charge in [0, 0.05) is 43.1 Å². The minimum atomic E-state index is -0.344. The molecule has 1 atom stereocenters. The number of nitrogens with one attached hydrogen (secondary N) is 2. The summed E-state index contributed by atoms with van der Waals surface area (Å²) in [5.41, 5.74) is 9.25. The van der Waals surface area contributed by atoms with E-state index < -0.39 is 0 Å². The molecule has 1 amide bonds. The number of fused-ring (bicyclic) bond motifs is 1. The van der Waals surface area contributed by atoms with Crippen molar-refractivity contribution in [2.24, 2.45) is 14.1 Å². The van der Waals surface area contributed by atoms with Gasteiger partial charge in [0.2, 0.25) is 6.41 Å². The highest BCUT2D eigenvalue weighted by Gasteiger charge is 2.17. The molecule has 2 aromatic carbocycles. The van der Waals surface area contributed by atoms with Crippen LogP contribution in [-0.4, -0.2) is 36.9 Å². The lowest BCUT2D eigenvalue weighted by Crippen LogP contribution is -2.28. The fourth-order valence-corrected chi connectivity index (χ4v) is 4.51. The molecule has 0 aliphatic heterocycles. The Bertz CT molecular complexity index is 1840. The lowest BCUT2D eigenvalue weighted by atomic mass is 10.0. The highest BCUT2D eigenvalue weighted by Crippen LogP contribution is 2.23. The van der Waals surface area contributed by atoms with Crippen LogP contribution in [0.15, 0.2) is 84.6 Å². The number of anilines is 2. The molecule has 5 rings (SSSR count). The van der Waals surface area contributed by atoms with Crippen LogP contribution in [0, 0.1) is 18.8 Å². The zero-order valence-corrected chi connectivity index (χ0v) is 24.1. The van der Waals surface area contributed by atoms with Crippen LogP contribution >= 0.6 is 0 Å². The Hall–Kier alpha value is -5.56. The second-order valence-corrected chi connectivity index (χ2v) is 9.61. The maximum Gasteiger partial charge on any atom is 0.264 e. The Morgan fingerprint density at radius 3 is 2.50 bits per heavy atom. The molecule has 0 aliphatic rings. The van der Waals surface area contributed by atoms with Crippen molar-refractivity contribution >= 4 is 28.8 Å². The Kier molecular flexibility index (Phi) is 9.24. The van der Waals surface area contributed by atoms with E-state index in [0.717, 1.165) is 34.7 Å². The van der Waals surface area contributed by atoms with Crippen molar-refractivity contribution in [3.05, 3.63) is 113 Å². The van der Waals surface area contributed by atoms with Crippen LogP contribution in [0.5, 0.6) is 0 Å². The molecule has 4 N–H and O–H groups in total. The number of benzene rings is 2. The van der Waals surface area contributed by atoms with E-state index in [-0.39, 0.29) is 11.6 Å². The van der Waals surface area contributed by atoms with E-state index in [1.807, 2.05) is 87.1 Å². The third-order valence-electron chi connectivity index (χ3n) is 6.73. The maximum absolute atomic E-state index is 13.7. The van der Waals surface area contributed by atoms with Gasteiger partial charge in [-0.05, 0) is 49.4 Å². The molecule has 0 spiro atoms. The van der Waals surface area contributed by atoms with Gasteiger partial charge in [0.15, 0.2) is 5.82 Å². The number of hydrogen-bond acceptors (Lipinski definition) is 6. The number of nitrogens with two attached hydrogens (primary N) is 1. The van der Waals surface area contributed by atoms with Crippen LogP contribution in [0.3, 0.4) is 0 Å². The van der Waals surface area contributed by atoms with Crippen LogP contribution in [0.4, 0.5) is 11.6 Å². The number of nitrogens with zero attached hydrogens (tertiary/aromatic N) is 5. The highest BCUT2D eigenvalue weighted by atomic mass is 16.1. The Labute approximate surface area is 244 Å². The van der Waals surface area contributed by atoms with Gasteiger partial charge in [0.05, 0.1) is 24.0 Å². The van der Waals surface area contributed by atoms with E-state index in [2.05, 4.69) is 39.1 Å². The summed E-state index contributed by atoms with van der Waals surface area (Å²) in [6.07, 6.45) is 5.81. The summed E-state index contributed by atoms with van der Waals surface area (Å²) < 4.78 is 5.19. The molecule has 0 radical (unpaired) electrons. The fourth-order valence-electron chi connectivity index (χ4n) is 4.51. The Morgan fingerprint density at radius 2 is 1.88 bits per heavy atom. The molecule has 3 aromatic heterocycles. The van der Waals surface area contributed by atoms with Gasteiger partial charge >= 0.3 is 0 Å². The summed E-state index contributed by atoms with van der Waals surface area (Å²) in [6.45, 7) is 8.13. The number of nitrogen functional groups attached to an aromatic ring is 1. The first-order valence-electron chi connectivity index (χ1n) is 13.3. The predicted molar refractivity (Wildman–Crippen MR) is 167 cm³/mol. The molecular formula is C32H34N8O2. The first-order chi connectivity index (χ1) is 20.3. The molecule has 0 bridgehead atoms. The number of imidazole rings is 1. The van der Waals surface area contributed by atoms with Gasteiger partial charge in [-0.1, -0.05) is 42.3 Å². The number of pyridine rings is 1. The molecule has 0 fully saturated rings. The zero-order valence-electron chi connectivity index (χ0n) is 24.1. The predicted octanol–water partition coefficient (Wildman–Crippen LogP) is 3.84. The number of aryl methyl sites for hydroxylation is 2. The minimum Gasteiger partial charge on any atom is -0.382 e. The smallest absolute Gasteiger partial charge is 0.264 e. The molecule has 10 nitrogen and oxygen atoms in total. The van der Waals surface area contributed by atoms with Crippen LogP contribution in [0.2, 0.25) is 0 Å². The molecule has 214 valence electrons. The minimum absolute atomic E-state index is 0.178. The number of para-hydroxylation sites is 1. The molecule has 1 unspecified atom stereocenters. The van der Waals surface area contributed by atoms with E-state index >= 15 is 0 Å². The number of amides is 1. The van der Waals surface area contributed by atoms with E-state index in [0.29, 0.717) is 28.9 Å². The standard InChI is InChI=1S/C24H20N4O2.C8H14N4/c1-17(26-16-29)22-13-19-8-6-7-18(11-12-21-14-25-15-27(21)2)23(19)24(30)28(22)20-9-4-3-5-10-20;1-4-5-10-8-6(2)7(9)11-12(8)3/h3-10,13-17H,1-2H3,(H,26,29);4,10H,1,5H2,2-3H3,(H2,9,11). The first-order valence-corrected chi connectivity index (χ1v) is 13.3. The SMILES string of the molecule is C=CCNc1c(C)c(N)nn1C.CC(NC=O)c1cc2cccc(C#Cc3cncn3C)c2c(=O)n1-c1ccccc1. The van der Waals surface area contributed by atoms with Gasteiger partial charge < -0.3 is 20.9 Å². The van der Waals surface area contributed by atoms with Gasteiger partial charge in [0.25, 0.3) is 5.56 Å². The lowest BCUT2D eigenvalue weighted by molar-refractivity contribution is -0.110. The average Bonchev–Trinajstić information content (AvgIpc) is 3.51. The van der Waals surface area contributed by atoms with E-state index in [9.17, 15) is 9.59 Å². The van der Waals surface area contributed by atoms with Gasteiger partial charge in [-0.2, -0.15) is 5.10 Å². The largest absolute Gasteiger partial charge is 0.382 e. The summed E-state index contributed by atoms with van der Waals surface area (Å²) in [5.74, 6) is 7.74. The normalized spacial score (nSPS) is 11.0. The van der Waals surface area contributed by atoms with E-state index in [1.165, 1.54) is 0 Å².